The van der Waals surface area contributed by atoms with Gasteiger partial charge in [0.15, 0.2) is 0 Å². The van der Waals surface area contributed by atoms with Crippen molar-refractivity contribution >= 4 is 40.3 Å². The molecule has 0 aliphatic carbocycles. The second-order valence-corrected chi connectivity index (χ2v) is 4.52. The fraction of sp³-hybridized carbons (Fsp3) is 0. The first-order valence-electron chi connectivity index (χ1n) is 5.26. The van der Waals surface area contributed by atoms with Crippen molar-refractivity contribution in [1.82, 2.24) is 0 Å². The quantitative estimate of drug-likeness (QED) is 0.633. The maximum Gasteiger partial charge on any atom is 0.106 e. The van der Waals surface area contributed by atoms with E-state index in [1.54, 1.807) is 36.4 Å². The highest BCUT2D eigenvalue weighted by atomic mass is 35.5. The summed E-state index contributed by atoms with van der Waals surface area (Å²) < 4.78 is 0. The number of hydrogen-bond donors (Lipinski definition) is 1. The molecule has 0 aromatic heterocycles. The van der Waals surface area contributed by atoms with Crippen LogP contribution in [-0.4, -0.2) is 0 Å². The van der Waals surface area contributed by atoms with Gasteiger partial charge in [-0.15, -0.1) is 5.11 Å². The smallest absolute Gasteiger partial charge is 0.106 e. The first kappa shape index (κ1) is 13.3. The lowest BCUT2D eigenvalue weighted by atomic mass is 10.2. The molecule has 0 heterocycles. The molecule has 0 fully saturated rings. The van der Waals surface area contributed by atoms with Crippen LogP contribution in [0.1, 0.15) is 5.56 Å². The van der Waals surface area contributed by atoms with E-state index in [1.807, 2.05) is 6.07 Å². The Labute approximate surface area is 120 Å². The van der Waals surface area contributed by atoms with Crippen LogP contribution in [0.2, 0.25) is 10.0 Å². The van der Waals surface area contributed by atoms with Crippen LogP contribution in [0.25, 0.3) is 0 Å². The highest BCUT2D eigenvalue weighted by molar-refractivity contribution is 6.35. The van der Waals surface area contributed by atoms with E-state index in [9.17, 15) is 0 Å². The van der Waals surface area contributed by atoms with Crippen LogP contribution in [0.3, 0.4) is 0 Å². The Balaban J connectivity index is 2.33. The van der Waals surface area contributed by atoms with E-state index in [0.29, 0.717) is 32.7 Å². The first-order valence-corrected chi connectivity index (χ1v) is 6.02. The molecule has 2 aromatic rings. The van der Waals surface area contributed by atoms with Crippen molar-refractivity contribution in [1.29, 1.82) is 5.26 Å². The second kappa shape index (κ2) is 5.70. The second-order valence-electron chi connectivity index (χ2n) is 3.68. The van der Waals surface area contributed by atoms with E-state index in [-0.39, 0.29) is 0 Å². The van der Waals surface area contributed by atoms with Crippen LogP contribution in [0.4, 0.5) is 17.1 Å². The van der Waals surface area contributed by atoms with Crippen LogP contribution in [0.15, 0.2) is 46.6 Å². The predicted molar refractivity (Wildman–Crippen MR) is 76.2 cm³/mol. The number of benzene rings is 2. The number of nitriles is 1. The van der Waals surface area contributed by atoms with Crippen LogP contribution in [-0.2, 0) is 0 Å². The molecule has 0 aliphatic rings. The third-order valence-corrected chi connectivity index (χ3v) is 2.89. The minimum Gasteiger partial charge on any atom is -0.398 e. The fourth-order valence-corrected chi connectivity index (χ4v) is 1.70. The van der Waals surface area contributed by atoms with Gasteiger partial charge in [-0.25, -0.2) is 0 Å². The maximum absolute atomic E-state index is 8.87. The summed E-state index contributed by atoms with van der Waals surface area (Å²) in [6.45, 7) is 0. The van der Waals surface area contributed by atoms with Gasteiger partial charge in [-0.1, -0.05) is 23.2 Å². The number of anilines is 1. The fourth-order valence-electron chi connectivity index (χ4n) is 1.38. The number of nitrogens with zero attached hydrogens (tertiary/aromatic N) is 3. The zero-order valence-corrected chi connectivity index (χ0v) is 11.2. The van der Waals surface area contributed by atoms with E-state index >= 15 is 0 Å². The molecule has 0 saturated heterocycles. The van der Waals surface area contributed by atoms with Crippen molar-refractivity contribution < 1.29 is 0 Å². The summed E-state index contributed by atoms with van der Waals surface area (Å²) >= 11 is 11.8. The van der Waals surface area contributed by atoms with Gasteiger partial charge in [0.2, 0.25) is 0 Å². The highest BCUT2D eigenvalue weighted by Crippen LogP contribution is 2.30. The summed E-state index contributed by atoms with van der Waals surface area (Å²) in [5, 5.41) is 17.8. The van der Waals surface area contributed by atoms with Gasteiger partial charge < -0.3 is 5.73 Å². The summed E-state index contributed by atoms with van der Waals surface area (Å²) in [6.07, 6.45) is 0. The normalized spacial score (nSPS) is 10.6. The van der Waals surface area contributed by atoms with Crippen molar-refractivity contribution in [2.24, 2.45) is 10.2 Å². The molecule has 0 atom stereocenters. The topological polar surface area (TPSA) is 74.5 Å². The molecule has 0 bridgehead atoms. The SMILES string of the molecule is N#Cc1cc(/N=N/c2cc(Cl)ccc2Cl)ccc1N. The standard InChI is InChI=1S/C13H8Cl2N4/c14-9-1-3-11(15)13(6-9)19-18-10-2-4-12(17)8(5-10)7-16/h1-6H,17H2/b19-18+. The number of nitrogens with two attached hydrogens (primary N) is 1. The minimum atomic E-state index is 0.355. The van der Waals surface area contributed by atoms with Gasteiger partial charge in [0.1, 0.15) is 11.8 Å². The highest BCUT2D eigenvalue weighted by Gasteiger charge is 2.01. The summed E-state index contributed by atoms with van der Waals surface area (Å²) in [5.74, 6) is 0. The van der Waals surface area contributed by atoms with E-state index in [1.165, 1.54) is 0 Å². The number of halogens is 2. The molecule has 0 unspecified atom stereocenters. The van der Waals surface area contributed by atoms with Crippen LogP contribution in [0.5, 0.6) is 0 Å². The summed E-state index contributed by atoms with van der Waals surface area (Å²) in [6, 6.07) is 11.7. The zero-order valence-electron chi connectivity index (χ0n) is 9.64. The molecule has 0 aliphatic heterocycles. The van der Waals surface area contributed by atoms with Gasteiger partial charge in [0.05, 0.1) is 16.3 Å². The molecule has 0 radical (unpaired) electrons. The average molecular weight is 291 g/mol. The van der Waals surface area contributed by atoms with Crippen LogP contribution in [0, 0.1) is 11.3 Å². The largest absolute Gasteiger partial charge is 0.398 e. The Morgan fingerprint density at radius 2 is 1.84 bits per heavy atom. The summed E-state index contributed by atoms with van der Waals surface area (Å²) in [4.78, 5) is 0. The molecule has 2 rings (SSSR count). The molecule has 4 nitrogen and oxygen atoms in total. The summed E-state index contributed by atoms with van der Waals surface area (Å²) in [7, 11) is 0. The van der Waals surface area contributed by atoms with Gasteiger partial charge in [-0.2, -0.15) is 10.4 Å². The number of nitrogen functional groups attached to an aromatic ring is 1. The Kier molecular flexibility index (Phi) is 4.00. The van der Waals surface area contributed by atoms with E-state index in [0.717, 1.165) is 0 Å². The lowest BCUT2D eigenvalue weighted by molar-refractivity contribution is 1.23. The number of azo groups is 1. The van der Waals surface area contributed by atoms with Gasteiger partial charge in [0, 0.05) is 10.7 Å². The van der Waals surface area contributed by atoms with Gasteiger partial charge >= 0.3 is 0 Å². The first-order chi connectivity index (χ1) is 9.10. The number of rotatable bonds is 2. The molecule has 6 heteroatoms. The van der Waals surface area contributed by atoms with Crippen LogP contribution < -0.4 is 5.73 Å². The van der Waals surface area contributed by atoms with Crippen molar-refractivity contribution in [3.63, 3.8) is 0 Å². The molecule has 94 valence electrons. The van der Waals surface area contributed by atoms with E-state index in [2.05, 4.69) is 10.2 Å². The lowest BCUT2D eigenvalue weighted by Gasteiger charge is -1.99. The third-order valence-electron chi connectivity index (χ3n) is 2.34. The van der Waals surface area contributed by atoms with E-state index < -0.39 is 0 Å². The van der Waals surface area contributed by atoms with Gasteiger partial charge in [-0.3, -0.25) is 0 Å². The van der Waals surface area contributed by atoms with Crippen LogP contribution >= 0.6 is 23.2 Å². The molecule has 0 amide bonds. The van der Waals surface area contributed by atoms with Gasteiger partial charge in [-0.05, 0) is 36.4 Å². The van der Waals surface area contributed by atoms with Crippen molar-refractivity contribution in [3.05, 3.63) is 52.0 Å². The van der Waals surface area contributed by atoms with Crippen molar-refractivity contribution in [3.8, 4) is 6.07 Å². The lowest BCUT2D eigenvalue weighted by Crippen LogP contribution is -1.88. The molecule has 0 spiro atoms. The third kappa shape index (κ3) is 3.22. The molecule has 0 saturated carbocycles. The molecular formula is C13H8Cl2N4. The summed E-state index contributed by atoms with van der Waals surface area (Å²) in [5.41, 5.74) is 7.36. The Morgan fingerprint density at radius 1 is 1.05 bits per heavy atom. The Bertz CT molecular complexity index is 690. The monoisotopic (exact) mass is 290 g/mol. The minimum absolute atomic E-state index is 0.355. The van der Waals surface area contributed by atoms with Gasteiger partial charge in [0.25, 0.3) is 0 Å². The maximum atomic E-state index is 8.87. The van der Waals surface area contributed by atoms with E-state index in [4.69, 9.17) is 34.2 Å². The Hall–Kier alpha value is -2.09. The average Bonchev–Trinajstić information content (AvgIpc) is 2.41. The molecule has 2 aromatic carbocycles. The number of hydrogen-bond acceptors (Lipinski definition) is 4. The molecular weight excluding hydrogens is 283 g/mol. The predicted octanol–water partition coefficient (Wildman–Crippen LogP) is 4.86. The van der Waals surface area contributed by atoms with Crippen molar-refractivity contribution in [2.45, 2.75) is 0 Å². The van der Waals surface area contributed by atoms with Crippen molar-refractivity contribution in [2.75, 3.05) is 5.73 Å². The molecule has 19 heavy (non-hydrogen) atoms. The zero-order chi connectivity index (χ0) is 13.8. The Morgan fingerprint density at radius 3 is 2.58 bits per heavy atom. The molecule has 2 N–H and O–H groups in total.